The van der Waals surface area contributed by atoms with Gasteiger partial charge in [0, 0.05) is 5.02 Å². The average Bonchev–Trinajstić information content (AvgIpc) is 2.33. The highest BCUT2D eigenvalue weighted by Gasteiger charge is 2.52. The molecule has 1 aromatic carbocycles. The third kappa shape index (κ3) is 2.54. The predicted molar refractivity (Wildman–Crippen MR) is 66.5 cm³/mol. The zero-order valence-corrected chi connectivity index (χ0v) is 11.6. The largest absolute Gasteiger partial charge is 0.481 e. The van der Waals surface area contributed by atoms with E-state index < -0.39 is 24.2 Å². The second kappa shape index (κ2) is 5.00. The van der Waals surface area contributed by atoms with Gasteiger partial charge in [-0.05, 0) is 30.5 Å². The minimum absolute atomic E-state index is 0.0226. The Labute approximate surface area is 122 Å². The van der Waals surface area contributed by atoms with Gasteiger partial charge < -0.3 is 9.84 Å². The Hall–Kier alpha value is -1.14. The van der Waals surface area contributed by atoms with E-state index in [4.69, 9.17) is 33.0 Å². The summed E-state index contributed by atoms with van der Waals surface area (Å²) >= 11 is 11.8. The van der Waals surface area contributed by atoms with Crippen LogP contribution in [0.5, 0.6) is 5.75 Å². The van der Waals surface area contributed by atoms with Gasteiger partial charge in [0.25, 0.3) is 0 Å². The van der Waals surface area contributed by atoms with Crippen LogP contribution < -0.4 is 4.74 Å². The summed E-state index contributed by atoms with van der Waals surface area (Å²) in [6, 6.07) is 1.39. The number of rotatable bonds is 1. The molecule has 110 valence electrons. The topological polar surface area (TPSA) is 46.5 Å². The number of benzene rings is 1. The molecular formula is C12H9Cl2F3O3. The number of hydrogen-bond acceptors (Lipinski definition) is 2. The molecule has 0 fully saturated rings. The summed E-state index contributed by atoms with van der Waals surface area (Å²) in [6.07, 6.45) is -7.56. The van der Waals surface area contributed by atoms with E-state index in [1.807, 2.05) is 0 Å². The Bertz CT molecular complexity index is 572. The molecule has 0 amide bonds. The number of halogens is 5. The van der Waals surface area contributed by atoms with Crippen LogP contribution in [-0.4, -0.2) is 23.4 Å². The molecule has 3 nitrogen and oxygen atoms in total. The first-order chi connectivity index (χ1) is 9.12. The fraction of sp³-hybridized carbons (Fsp3) is 0.417. The van der Waals surface area contributed by atoms with Crippen molar-refractivity contribution in [2.75, 3.05) is 0 Å². The van der Waals surface area contributed by atoms with Gasteiger partial charge in [-0.15, -0.1) is 0 Å². The van der Waals surface area contributed by atoms with Crippen LogP contribution in [0.2, 0.25) is 10.0 Å². The van der Waals surface area contributed by atoms with Gasteiger partial charge in [-0.3, -0.25) is 4.79 Å². The van der Waals surface area contributed by atoms with Gasteiger partial charge in [0.05, 0.1) is 5.02 Å². The molecule has 0 spiro atoms. The first-order valence-electron chi connectivity index (χ1n) is 5.56. The summed E-state index contributed by atoms with van der Waals surface area (Å²) < 4.78 is 43.5. The lowest BCUT2D eigenvalue weighted by molar-refractivity contribution is -0.217. The van der Waals surface area contributed by atoms with Gasteiger partial charge in [-0.2, -0.15) is 13.2 Å². The Morgan fingerprint density at radius 1 is 1.45 bits per heavy atom. The molecule has 0 saturated carbocycles. The van der Waals surface area contributed by atoms with Crippen LogP contribution in [0.15, 0.2) is 6.07 Å². The fourth-order valence-corrected chi connectivity index (χ4v) is 2.63. The SMILES string of the molecule is Cc1c(Cl)cc2c(c1Cl)OC(C(F)(F)F)C(C(=O)O)C2. The van der Waals surface area contributed by atoms with Crippen LogP contribution >= 0.6 is 23.2 Å². The Morgan fingerprint density at radius 3 is 2.55 bits per heavy atom. The number of carboxylic acid groups (broad SMARTS) is 1. The molecule has 0 radical (unpaired) electrons. The monoisotopic (exact) mass is 328 g/mol. The average molecular weight is 329 g/mol. The van der Waals surface area contributed by atoms with Crippen LogP contribution in [0.25, 0.3) is 0 Å². The molecule has 2 atom stereocenters. The molecule has 0 bridgehead atoms. The van der Waals surface area contributed by atoms with Gasteiger partial charge >= 0.3 is 12.1 Å². The third-order valence-corrected chi connectivity index (χ3v) is 4.02. The molecule has 1 N–H and O–H groups in total. The van der Waals surface area contributed by atoms with Crippen molar-refractivity contribution in [3.05, 3.63) is 27.2 Å². The van der Waals surface area contributed by atoms with Gasteiger partial charge in [0.1, 0.15) is 11.7 Å². The summed E-state index contributed by atoms with van der Waals surface area (Å²) in [4.78, 5) is 11.0. The summed E-state index contributed by atoms with van der Waals surface area (Å²) in [5, 5.41) is 9.18. The van der Waals surface area contributed by atoms with E-state index in [-0.39, 0.29) is 27.8 Å². The minimum Gasteiger partial charge on any atom is -0.481 e. The molecule has 1 aliphatic rings. The van der Waals surface area contributed by atoms with Gasteiger partial charge in [-0.1, -0.05) is 23.2 Å². The molecule has 0 saturated heterocycles. The summed E-state index contributed by atoms with van der Waals surface area (Å²) in [5.74, 6) is -3.45. The maximum Gasteiger partial charge on any atom is 0.426 e. The van der Waals surface area contributed by atoms with E-state index in [1.165, 1.54) is 6.07 Å². The first-order valence-corrected chi connectivity index (χ1v) is 6.32. The van der Waals surface area contributed by atoms with Crippen molar-refractivity contribution in [1.82, 2.24) is 0 Å². The van der Waals surface area contributed by atoms with Crippen molar-refractivity contribution >= 4 is 29.2 Å². The van der Waals surface area contributed by atoms with Crippen molar-refractivity contribution < 1.29 is 27.8 Å². The number of fused-ring (bicyclic) bond motifs is 1. The van der Waals surface area contributed by atoms with Crippen LogP contribution in [0.4, 0.5) is 13.2 Å². The van der Waals surface area contributed by atoms with E-state index in [1.54, 1.807) is 6.92 Å². The Morgan fingerprint density at radius 2 is 2.05 bits per heavy atom. The number of aliphatic carboxylic acids is 1. The molecule has 2 unspecified atom stereocenters. The second-order valence-corrected chi connectivity index (χ2v) is 5.30. The zero-order valence-electron chi connectivity index (χ0n) is 10.1. The normalized spacial score (nSPS) is 22.1. The Balaban J connectivity index is 2.54. The van der Waals surface area contributed by atoms with Crippen molar-refractivity contribution in [3.63, 3.8) is 0 Å². The molecule has 0 aliphatic carbocycles. The molecule has 20 heavy (non-hydrogen) atoms. The molecule has 1 aliphatic heterocycles. The van der Waals surface area contributed by atoms with Crippen molar-refractivity contribution in [2.24, 2.45) is 5.92 Å². The number of hydrogen-bond donors (Lipinski definition) is 1. The van der Waals surface area contributed by atoms with E-state index in [9.17, 15) is 18.0 Å². The summed E-state index contributed by atoms with van der Waals surface area (Å²) in [6.45, 7) is 1.54. The van der Waals surface area contributed by atoms with Crippen LogP contribution in [0.1, 0.15) is 11.1 Å². The number of alkyl halides is 3. The van der Waals surface area contributed by atoms with E-state index in [0.717, 1.165) is 0 Å². The van der Waals surface area contributed by atoms with Gasteiger partial charge in [0.2, 0.25) is 6.10 Å². The highest BCUT2D eigenvalue weighted by Crippen LogP contribution is 2.44. The maximum atomic E-state index is 12.9. The first kappa shape index (κ1) is 15.3. The minimum atomic E-state index is -4.79. The fourth-order valence-electron chi connectivity index (χ4n) is 2.09. The predicted octanol–water partition coefficient (Wildman–Crippen LogP) is 3.87. The molecular weight excluding hydrogens is 320 g/mol. The van der Waals surface area contributed by atoms with Crippen LogP contribution in [-0.2, 0) is 11.2 Å². The summed E-state index contributed by atoms with van der Waals surface area (Å²) in [5.41, 5.74) is 0.653. The standard InChI is InChI=1S/C12H9Cl2F3O3/c1-4-7(13)3-5-2-6(11(18)19)10(12(15,16)17)20-9(5)8(4)14/h3,6,10H,2H2,1H3,(H,18,19). The van der Waals surface area contributed by atoms with Crippen molar-refractivity contribution in [2.45, 2.75) is 25.6 Å². The third-order valence-electron chi connectivity index (χ3n) is 3.17. The molecule has 1 heterocycles. The van der Waals surface area contributed by atoms with Crippen LogP contribution in [0.3, 0.4) is 0 Å². The van der Waals surface area contributed by atoms with E-state index >= 15 is 0 Å². The lowest BCUT2D eigenvalue weighted by Gasteiger charge is -2.33. The maximum absolute atomic E-state index is 12.9. The van der Waals surface area contributed by atoms with Crippen molar-refractivity contribution in [3.8, 4) is 5.75 Å². The lowest BCUT2D eigenvalue weighted by Crippen LogP contribution is -2.47. The lowest BCUT2D eigenvalue weighted by atomic mass is 9.89. The molecule has 0 aromatic heterocycles. The quantitative estimate of drug-likeness (QED) is 0.851. The van der Waals surface area contributed by atoms with Gasteiger partial charge in [0.15, 0.2) is 0 Å². The second-order valence-electron chi connectivity index (χ2n) is 4.51. The molecule has 1 aromatic rings. The zero-order chi connectivity index (χ0) is 15.2. The number of carbonyl (C=O) groups is 1. The smallest absolute Gasteiger partial charge is 0.426 e. The van der Waals surface area contributed by atoms with E-state index in [0.29, 0.717) is 5.56 Å². The highest BCUT2D eigenvalue weighted by molar-refractivity contribution is 6.37. The van der Waals surface area contributed by atoms with Crippen LogP contribution in [0, 0.1) is 12.8 Å². The van der Waals surface area contributed by atoms with Gasteiger partial charge in [-0.25, -0.2) is 0 Å². The number of ether oxygens (including phenoxy) is 1. The molecule has 2 rings (SSSR count). The highest BCUT2D eigenvalue weighted by atomic mass is 35.5. The summed E-state index contributed by atoms with van der Waals surface area (Å²) in [7, 11) is 0. The van der Waals surface area contributed by atoms with E-state index in [2.05, 4.69) is 0 Å². The number of carboxylic acids is 1. The Kier molecular flexibility index (Phi) is 3.81. The van der Waals surface area contributed by atoms with Crippen molar-refractivity contribution in [1.29, 1.82) is 0 Å². The molecule has 8 heteroatoms.